The second kappa shape index (κ2) is 8.46. The normalized spacial score (nSPS) is 17.7. The third kappa shape index (κ3) is 7.14. The van der Waals surface area contributed by atoms with Gasteiger partial charge in [-0.2, -0.15) is 0 Å². The minimum absolute atomic E-state index is 0.200. The van der Waals surface area contributed by atoms with E-state index in [9.17, 15) is 14.4 Å². The summed E-state index contributed by atoms with van der Waals surface area (Å²) in [6, 6.07) is -0.483. The van der Waals surface area contributed by atoms with Crippen molar-refractivity contribution in [3.05, 3.63) is 0 Å². The van der Waals surface area contributed by atoms with Gasteiger partial charge >= 0.3 is 6.09 Å². The van der Waals surface area contributed by atoms with Crippen molar-refractivity contribution in [1.29, 1.82) is 0 Å². The molecule has 0 aromatic heterocycles. The van der Waals surface area contributed by atoms with E-state index in [-0.39, 0.29) is 11.6 Å². The molecule has 132 valence electrons. The van der Waals surface area contributed by atoms with Gasteiger partial charge in [0.2, 0.25) is 0 Å². The highest BCUT2D eigenvalue weighted by atomic mass is 16.6. The number of carbonyl (C=O) groups excluding carboxylic acids is 3. The fourth-order valence-corrected chi connectivity index (χ4v) is 3.37. The van der Waals surface area contributed by atoms with Gasteiger partial charge < -0.3 is 10.1 Å². The van der Waals surface area contributed by atoms with Crippen LogP contribution in [0.2, 0.25) is 0 Å². The largest absolute Gasteiger partial charge is 0.444 e. The average molecular weight is 325 g/mol. The first-order chi connectivity index (χ1) is 10.6. The molecule has 1 saturated carbocycles. The second-order valence-corrected chi connectivity index (χ2v) is 7.69. The lowest BCUT2D eigenvalue weighted by atomic mass is 9.80. The highest BCUT2D eigenvalue weighted by Crippen LogP contribution is 2.29. The summed E-state index contributed by atoms with van der Waals surface area (Å²) in [7, 11) is 0. The zero-order valence-corrected chi connectivity index (χ0v) is 15.1. The maximum Gasteiger partial charge on any atom is 0.407 e. The van der Waals surface area contributed by atoms with Crippen molar-refractivity contribution in [1.82, 2.24) is 5.32 Å². The van der Waals surface area contributed by atoms with Crippen molar-refractivity contribution < 1.29 is 19.1 Å². The molecule has 0 heterocycles. The van der Waals surface area contributed by atoms with E-state index >= 15 is 0 Å². The Morgan fingerprint density at radius 3 is 2.00 bits per heavy atom. The Balaban J connectivity index is 2.83. The van der Waals surface area contributed by atoms with E-state index in [4.69, 9.17) is 4.74 Å². The smallest absolute Gasteiger partial charge is 0.407 e. The van der Waals surface area contributed by atoms with Crippen LogP contribution >= 0.6 is 0 Å². The number of ketones is 2. The van der Waals surface area contributed by atoms with Crippen molar-refractivity contribution in [2.45, 2.75) is 84.8 Å². The molecule has 23 heavy (non-hydrogen) atoms. The van der Waals surface area contributed by atoms with Gasteiger partial charge in [-0.1, -0.05) is 32.1 Å². The summed E-state index contributed by atoms with van der Waals surface area (Å²) >= 11 is 0. The van der Waals surface area contributed by atoms with E-state index in [0.717, 1.165) is 12.8 Å². The Morgan fingerprint density at radius 1 is 1.04 bits per heavy atom. The molecule has 1 amide bonds. The monoisotopic (exact) mass is 325 g/mol. The van der Waals surface area contributed by atoms with Gasteiger partial charge in [0.25, 0.3) is 0 Å². The molecule has 0 saturated heterocycles. The molecule has 0 aromatic carbocycles. The van der Waals surface area contributed by atoms with Crippen LogP contribution in [0.3, 0.4) is 0 Å². The minimum atomic E-state index is -0.788. The van der Waals surface area contributed by atoms with Gasteiger partial charge in [0, 0.05) is 6.04 Å². The molecule has 1 rings (SSSR count). The number of carbonyl (C=O) groups is 3. The molecule has 0 bridgehead atoms. The van der Waals surface area contributed by atoms with E-state index in [1.807, 2.05) is 0 Å². The number of hydrogen-bond donors (Lipinski definition) is 1. The lowest BCUT2D eigenvalue weighted by Crippen LogP contribution is -2.48. The van der Waals surface area contributed by atoms with Crippen LogP contribution < -0.4 is 5.32 Å². The molecule has 1 aliphatic rings. The van der Waals surface area contributed by atoms with Crippen LogP contribution in [0.4, 0.5) is 4.79 Å². The highest BCUT2D eigenvalue weighted by Gasteiger charge is 2.34. The first-order valence-electron chi connectivity index (χ1n) is 8.60. The summed E-state index contributed by atoms with van der Waals surface area (Å²) in [5, 5.41) is 2.78. The number of amides is 1. The van der Waals surface area contributed by atoms with Gasteiger partial charge in [0.15, 0.2) is 0 Å². The molecule has 5 nitrogen and oxygen atoms in total. The molecular formula is C18H31NO4. The van der Waals surface area contributed by atoms with Gasteiger partial charge in [0.05, 0.1) is 5.92 Å². The van der Waals surface area contributed by atoms with Crippen LogP contribution in [0.1, 0.15) is 73.1 Å². The molecule has 0 aliphatic heterocycles. The van der Waals surface area contributed by atoms with Crippen LogP contribution in [0.15, 0.2) is 0 Å². The second-order valence-electron chi connectivity index (χ2n) is 7.69. The molecule has 0 spiro atoms. The molecule has 1 atom stereocenters. The number of Topliss-reactive ketones (excluding diaryl/α,β-unsaturated/α-hetero) is 2. The van der Waals surface area contributed by atoms with Crippen molar-refractivity contribution in [2.24, 2.45) is 11.8 Å². The van der Waals surface area contributed by atoms with Crippen molar-refractivity contribution >= 4 is 17.7 Å². The van der Waals surface area contributed by atoms with E-state index in [0.29, 0.717) is 12.3 Å². The predicted octanol–water partition coefficient (Wildman–Crippen LogP) is 3.64. The van der Waals surface area contributed by atoms with Gasteiger partial charge in [-0.25, -0.2) is 4.79 Å². The number of nitrogens with one attached hydrogen (secondary N) is 1. The van der Waals surface area contributed by atoms with E-state index in [1.165, 1.54) is 33.1 Å². The molecule has 1 aliphatic carbocycles. The summed E-state index contributed by atoms with van der Waals surface area (Å²) in [6.07, 6.45) is 5.87. The number of ether oxygens (including phenoxy) is 1. The summed E-state index contributed by atoms with van der Waals surface area (Å²) in [5.74, 6) is -0.738. The van der Waals surface area contributed by atoms with E-state index in [2.05, 4.69) is 5.32 Å². The van der Waals surface area contributed by atoms with Gasteiger partial charge in [0.1, 0.15) is 17.2 Å². The SMILES string of the molecule is CC(=O)C(C(C)=O)[C@@H](CC1CCCCC1)NC(=O)OC(C)(C)C. The first-order valence-corrected chi connectivity index (χ1v) is 8.60. The van der Waals surface area contributed by atoms with Crippen molar-refractivity contribution in [3.8, 4) is 0 Å². The topological polar surface area (TPSA) is 72.5 Å². The van der Waals surface area contributed by atoms with Crippen LogP contribution in [0, 0.1) is 11.8 Å². The van der Waals surface area contributed by atoms with Crippen molar-refractivity contribution in [2.75, 3.05) is 0 Å². The van der Waals surface area contributed by atoms with E-state index in [1.54, 1.807) is 20.8 Å². The number of rotatable bonds is 6. The van der Waals surface area contributed by atoms with Crippen LogP contribution in [-0.2, 0) is 14.3 Å². The van der Waals surface area contributed by atoms with Gasteiger partial charge in [-0.15, -0.1) is 0 Å². The zero-order chi connectivity index (χ0) is 17.6. The zero-order valence-electron chi connectivity index (χ0n) is 15.1. The number of alkyl carbamates (subject to hydrolysis) is 1. The van der Waals surface area contributed by atoms with Gasteiger partial charge in [-0.3, -0.25) is 9.59 Å². The lowest BCUT2D eigenvalue weighted by Gasteiger charge is -2.31. The third-order valence-electron chi connectivity index (χ3n) is 4.29. The Kier molecular flexibility index (Phi) is 7.23. The van der Waals surface area contributed by atoms with Crippen LogP contribution in [0.5, 0.6) is 0 Å². The standard InChI is InChI=1S/C18H31NO4/c1-12(20)16(13(2)21)15(11-14-9-7-6-8-10-14)19-17(22)23-18(3,4)5/h14-16H,6-11H2,1-5H3,(H,19,22)/t15-/m1/s1. The summed E-state index contributed by atoms with van der Waals surface area (Å²) in [5.41, 5.74) is -0.610. The Hall–Kier alpha value is -1.39. The van der Waals surface area contributed by atoms with E-state index < -0.39 is 23.7 Å². The lowest BCUT2D eigenvalue weighted by molar-refractivity contribution is -0.131. The van der Waals surface area contributed by atoms with Crippen molar-refractivity contribution in [3.63, 3.8) is 0 Å². The van der Waals surface area contributed by atoms with Crippen LogP contribution in [0.25, 0.3) is 0 Å². The molecule has 0 radical (unpaired) electrons. The molecule has 1 fully saturated rings. The molecule has 1 N–H and O–H groups in total. The summed E-state index contributed by atoms with van der Waals surface area (Å²) in [4.78, 5) is 35.9. The van der Waals surface area contributed by atoms with Crippen LogP contribution in [-0.4, -0.2) is 29.3 Å². The maximum atomic E-state index is 12.1. The summed E-state index contributed by atoms with van der Waals surface area (Å²) in [6.45, 7) is 8.19. The first kappa shape index (κ1) is 19.7. The Labute approximate surface area is 139 Å². The maximum absolute atomic E-state index is 12.1. The summed E-state index contributed by atoms with van der Waals surface area (Å²) < 4.78 is 5.29. The Bertz CT molecular complexity index is 419. The highest BCUT2D eigenvalue weighted by molar-refractivity contribution is 6.01. The predicted molar refractivity (Wildman–Crippen MR) is 89.2 cm³/mol. The fourth-order valence-electron chi connectivity index (χ4n) is 3.37. The minimum Gasteiger partial charge on any atom is -0.444 e. The molecule has 5 heteroatoms. The third-order valence-corrected chi connectivity index (χ3v) is 4.29. The quantitative estimate of drug-likeness (QED) is 0.757. The number of hydrogen-bond acceptors (Lipinski definition) is 4. The molecular weight excluding hydrogens is 294 g/mol. The Morgan fingerprint density at radius 2 is 1.57 bits per heavy atom. The fraction of sp³-hybridized carbons (Fsp3) is 0.833. The average Bonchev–Trinajstić information content (AvgIpc) is 2.36. The molecule has 0 unspecified atom stereocenters. The molecule has 0 aromatic rings. The van der Waals surface area contributed by atoms with Gasteiger partial charge in [-0.05, 0) is 47.0 Å².